The van der Waals surface area contributed by atoms with Crippen LogP contribution in [0, 0.1) is 0 Å². The predicted octanol–water partition coefficient (Wildman–Crippen LogP) is 4.45. The number of nitrogens with two attached hydrogens (primary N) is 1. The predicted molar refractivity (Wildman–Crippen MR) is 92.9 cm³/mol. The van der Waals surface area contributed by atoms with Crippen molar-refractivity contribution in [2.45, 2.75) is 26.5 Å². The first kappa shape index (κ1) is 15.7. The first-order valence-corrected chi connectivity index (χ1v) is 7.77. The Balaban J connectivity index is 2.21. The number of para-hydroxylation sites is 1. The lowest BCUT2D eigenvalue weighted by Gasteiger charge is -2.23. The first-order chi connectivity index (χ1) is 9.97. The van der Waals surface area contributed by atoms with Crippen molar-refractivity contribution >= 4 is 27.3 Å². The molecule has 2 N–H and O–H groups in total. The van der Waals surface area contributed by atoms with Crippen LogP contribution in [0.25, 0.3) is 0 Å². The van der Waals surface area contributed by atoms with E-state index in [2.05, 4.69) is 33.0 Å². The van der Waals surface area contributed by atoms with Crippen LogP contribution in [0.3, 0.4) is 0 Å². The second-order valence-electron chi connectivity index (χ2n) is 5.34. The van der Waals surface area contributed by atoms with Gasteiger partial charge in [-0.25, -0.2) is 0 Å². The minimum Gasteiger partial charge on any atom is -0.489 e. The number of hydrogen-bond donors (Lipinski definition) is 1. The maximum atomic E-state index is 6.24. The van der Waals surface area contributed by atoms with E-state index in [1.807, 2.05) is 51.2 Å². The normalized spacial score (nSPS) is 10.7. The maximum Gasteiger partial charge on any atom is 0.144 e. The van der Waals surface area contributed by atoms with E-state index < -0.39 is 0 Å². The van der Waals surface area contributed by atoms with E-state index in [0.29, 0.717) is 5.69 Å². The zero-order chi connectivity index (χ0) is 15.4. The summed E-state index contributed by atoms with van der Waals surface area (Å²) in [5.74, 6) is 0.739. The third-order valence-electron chi connectivity index (χ3n) is 3.13. The smallest absolute Gasteiger partial charge is 0.144 e. The molecule has 0 spiro atoms. The van der Waals surface area contributed by atoms with Gasteiger partial charge in [0.15, 0.2) is 0 Å². The number of halogens is 1. The van der Waals surface area contributed by atoms with Gasteiger partial charge in [-0.3, -0.25) is 0 Å². The highest BCUT2D eigenvalue weighted by Crippen LogP contribution is 2.33. The average Bonchev–Trinajstić information content (AvgIpc) is 2.40. The van der Waals surface area contributed by atoms with Crippen LogP contribution in [0.1, 0.15) is 19.4 Å². The number of benzene rings is 2. The molecular formula is C17H21BrN2O. The number of hydrogen-bond acceptors (Lipinski definition) is 3. The van der Waals surface area contributed by atoms with Crippen molar-refractivity contribution in [3.05, 3.63) is 52.5 Å². The molecule has 2 rings (SSSR count). The van der Waals surface area contributed by atoms with Gasteiger partial charge in [0.2, 0.25) is 0 Å². The molecule has 0 saturated carbocycles. The van der Waals surface area contributed by atoms with Gasteiger partial charge in [-0.15, -0.1) is 0 Å². The standard InChI is InChI=1S/C17H21BrN2O/c1-12(2)21-16-9-5-8-15(17(16)19)20(3)11-13-6-4-7-14(18)10-13/h4-10,12H,11,19H2,1-3H3. The van der Waals surface area contributed by atoms with Crippen molar-refractivity contribution in [2.75, 3.05) is 17.7 Å². The zero-order valence-corrected chi connectivity index (χ0v) is 14.2. The quantitative estimate of drug-likeness (QED) is 0.811. The summed E-state index contributed by atoms with van der Waals surface area (Å²) in [6.45, 7) is 4.78. The Morgan fingerprint density at radius 2 is 1.90 bits per heavy atom. The summed E-state index contributed by atoms with van der Waals surface area (Å²) in [6, 6.07) is 14.2. The molecule has 0 aliphatic rings. The highest BCUT2D eigenvalue weighted by atomic mass is 79.9. The Hall–Kier alpha value is -1.68. The monoisotopic (exact) mass is 348 g/mol. The Kier molecular flexibility index (Phi) is 5.12. The highest BCUT2D eigenvalue weighted by molar-refractivity contribution is 9.10. The van der Waals surface area contributed by atoms with Crippen molar-refractivity contribution < 1.29 is 4.74 Å². The van der Waals surface area contributed by atoms with Crippen LogP contribution in [-0.2, 0) is 6.54 Å². The largest absolute Gasteiger partial charge is 0.489 e. The van der Waals surface area contributed by atoms with E-state index in [9.17, 15) is 0 Å². The SMILES string of the molecule is CC(C)Oc1cccc(N(C)Cc2cccc(Br)c2)c1N. The summed E-state index contributed by atoms with van der Waals surface area (Å²) in [4.78, 5) is 2.13. The first-order valence-electron chi connectivity index (χ1n) is 6.98. The van der Waals surface area contributed by atoms with Crippen molar-refractivity contribution in [3.8, 4) is 5.75 Å². The number of anilines is 2. The molecule has 0 bridgehead atoms. The Bertz CT molecular complexity index is 613. The van der Waals surface area contributed by atoms with Crippen LogP contribution >= 0.6 is 15.9 Å². The van der Waals surface area contributed by atoms with Crippen molar-refractivity contribution in [2.24, 2.45) is 0 Å². The van der Waals surface area contributed by atoms with E-state index in [0.717, 1.165) is 22.5 Å². The maximum absolute atomic E-state index is 6.24. The summed E-state index contributed by atoms with van der Waals surface area (Å²) in [6.07, 6.45) is 0.109. The van der Waals surface area contributed by atoms with Crippen LogP contribution in [0.2, 0.25) is 0 Å². The van der Waals surface area contributed by atoms with Crippen LogP contribution in [0.5, 0.6) is 5.75 Å². The molecule has 0 unspecified atom stereocenters. The molecule has 0 fully saturated rings. The molecule has 112 valence electrons. The lowest BCUT2D eigenvalue weighted by atomic mass is 10.2. The number of rotatable bonds is 5. The molecule has 0 atom stereocenters. The Labute approximate surface area is 134 Å². The molecule has 3 nitrogen and oxygen atoms in total. The molecule has 0 amide bonds. The second kappa shape index (κ2) is 6.85. The minimum absolute atomic E-state index is 0.109. The summed E-state index contributed by atoms with van der Waals surface area (Å²) in [5.41, 5.74) is 9.13. The van der Waals surface area contributed by atoms with Crippen LogP contribution in [0.15, 0.2) is 46.9 Å². The van der Waals surface area contributed by atoms with Gasteiger partial charge in [-0.1, -0.05) is 34.1 Å². The lowest BCUT2D eigenvalue weighted by Crippen LogP contribution is -2.18. The van der Waals surface area contributed by atoms with Gasteiger partial charge in [0.1, 0.15) is 5.75 Å². The van der Waals surface area contributed by atoms with Crippen LogP contribution in [0.4, 0.5) is 11.4 Å². The molecule has 0 aliphatic carbocycles. The fourth-order valence-corrected chi connectivity index (χ4v) is 2.66. The zero-order valence-electron chi connectivity index (χ0n) is 12.6. The summed E-state index contributed by atoms with van der Waals surface area (Å²) in [7, 11) is 2.03. The molecule has 0 saturated heterocycles. The molecule has 21 heavy (non-hydrogen) atoms. The second-order valence-corrected chi connectivity index (χ2v) is 6.26. The van der Waals surface area contributed by atoms with Crippen molar-refractivity contribution in [3.63, 3.8) is 0 Å². The fourth-order valence-electron chi connectivity index (χ4n) is 2.22. The van der Waals surface area contributed by atoms with Gasteiger partial charge in [-0.05, 0) is 43.7 Å². The molecule has 4 heteroatoms. The van der Waals surface area contributed by atoms with Crippen LogP contribution < -0.4 is 15.4 Å². The molecule has 0 heterocycles. The molecule has 2 aromatic carbocycles. The summed E-state index contributed by atoms with van der Waals surface area (Å²) >= 11 is 3.50. The van der Waals surface area contributed by atoms with Gasteiger partial charge in [-0.2, -0.15) is 0 Å². The van der Waals surface area contributed by atoms with E-state index in [-0.39, 0.29) is 6.10 Å². The van der Waals surface area contributed by atoms with Gasteiger partial charge in [0, 0.05) is 18.1 Å². The molecule has 2 aromatic rings. The molecule has 0 radical (unpaired) electrons. The van der Waals surface area contributed by atoms with E-state index >= 15 is 0 Å². The van der Waals surface area contributed by atoms with Gasteiger partial charge >= 0.3 is 0 Å². The van der Waals surface area contributed by atoms with Gasteiger partial charge in [0.25, 0.3) is 0 Å². The molecular weight excluding hydrogens is 328 g/mol. The third kappa shape index (κ3) is 4.14. The van der Waals surface area contributed by atoms with Gasteiger partial charge < -0.3 is 15.4 Å². The topological polar surface area (TPSA) is 38.5 Å². The van der Waals surface area contributed by atoms with Gasteiger partial charge in [0.05, 0.1) is 17.5 Å². The minimum atomic E-state index is 0.109. The summed E-state index contributed by atoms with van der Waals surface area (Å²) < 4.78 is 6.83. The van der Waals surface area contributed by atoms with Crippen LogP contribution in [-0.4, -0.2) is 13.2 Å². The fraction of sp³-hybridized carbons (Fsp3) is 0.294. The van der Waals surface area contributed by atoms with Crippen molar-refractivity contribution in [1.29, 1.82) is 0 Å². The molecule has 0 aliphatic heterocycles. The summed E-state index contributed by atoms with van der Waals surface area (Å²) in [5, 5.41) is 0. The average molecular weight is 349 g/mol. The Morgan fingerprint density at radius 1 is 1.19 bits per heavy atom. The van der Waals surface area contributed by atoms with E-state index in [1.54, 1.807) is 0 Å². The molecule has 0 aromatic heterocycles. The highest BCUT2D eigenvalue weighted by Gasteiger charge is 2.11. The number of nitrogens with zero attached hydrogens (tertiary/aromatic N) is 1. The lowest BCUT2D eigenvalue weighted by molar-refractivity contribution is 0.244. The van der Waals surface area contributed by atoms with E-state index in [4.69, 9.17) is 10.5 Å². The van der Waals surface area contributed by atoms with E-state index in [1.165, 1.54) is 5.56 Å². The van der Waals surface area contributed by atoms with Crippen molar-refractivity contribution in [1.82, 2.24) is 0 Å². The number of ether oxygens (including phenoxy) is 1. The Morgan fingerprint density at radius 3 is 2.57 bits per heavy atom. The number of nitrogen functional groups attached to an aromatic ring is 1. The third-order valence-corrected chi connectivity index (χ3v) is 3.62.